The number of cyclic esters (lactones) is 1. The van der Waals surface area contributed by atoms with E-state index in [4.69, 9.17) is 33.3 Å². The van der Waals surface area contributed by atoms with Crippen molar-refractivity contribution in [2.45, 2.75) is 129 Å². The Morgan fingerprint density at radius 3 is 2.37 bits per heavy atom. The normalized spacial score (nSPS) is 37.6. The molecule has 1 aromatic rings. The molecule has 1 amide bonds. The first-order valence-electron chi connectivity index (χ1n) is 19.9. The molecule has 1 aromatic carbocycles. The highest BCUT2D eigenvalue weighted by atomic mass is 16.8. The average molecular weight is 802 g/mol. The van der Waals surface area contributed by atoms with Crippen molar-refractivity contribution in [3.63, 3.8) is 0 Å². The highest BCUT2D eigenvalue weighted by molar-refractivity contribution is 6.00. The highest BCUT2D eigenvalue weighted by Crippen LogP contribution is 2.42. The lowest BCUT2D eigenvalue weighted by molar-refractivity contribution is -0.295. The number of likely N-dealkylation sites (N-methyl/N-ethyl adjacent to an activating group) is 1. The van der Waals surface area contributed by atoms with Crippen LogP contribution in [0, 0.1) is 23.7 Å². The van der Waals surface area contributed by atoms with Crippen LogP contribution in [0.5, 0.6) is 0 Å². The summed E-state index contributed by atoms with van der Waals surface area (Å²) < 4.78 is 36.6. The molecule has 3 aliphatic heterocycles. The first kappa shape index (κ1) is 45.8. The van der Waals surface area contributed by atoms with Crippen molar-refractivity contribution in [2.24, 2.45) is 28.8 Å². The van der Waals surface area contributed by atoms with Crippen molar-refractivity contribution in [1.82, 2.24) is 10.2 Å². The number of carbonyl (C=O) groups excluding carboxylic acids is 4. The molecule has 2 N–H and O–H groups in total. The minimum atomic E-state index is -1.48. The van der Waals surface area contributed by atoms with Crippen LogP contribution >= 0.6 is 0 Å². The van der Waals surface area contributed by atoms with Gasteiger partial charge in [-0.1, -0.05) is 75.3 Å². The van der Waals surface area contributed by atoms with Gasteiger partial charge in [-0.25, -0.2) is 4.79 Å². The van der Waals surface area contributed by atoms with Crippen molar-refractivity contribution >= 4 is 35.6 Å². The van der Waals surface area contributed by atoms with E-state index in [-0.39, 0.29) is 31.5 Å². The Morgan fingerprint density at radius 1 is 1.05 bits per heavy atom. The van der Waals surface area contributed by atoms with Crippen LogP contribution in [0.3, 0.4) is 0 Å². The Bertz CT molecular complexity index is 1610. The fourth-order valence-corrected chi connectivity index (χ4v) is 8.38. The van der Waals surface area contributed by atoms with E-state index in [1.807, 2.05) is 75.3 Å². The van der Waals surface area contributed by atoms with Crippen LogP contribution in [0.4, 0.5) is 4.79 Å². The summed E-state index contributed by atoms with van der Waals surface area (Å²) in [5.41, 5.74) is -1.37. The van der Waals surface area contributed by atoms with Gasteiger partial charge in [0.25, 0.3) is 5.91 Å². The van der Waals surface area contributed by atoms with E-state index in [2.05, 4.69) is 10.5 Å². The van der Waals surface area contributed by atoms with Crippen LogP contribution in [0.1, 0.15) is 80.2 Å². The molecule has 15 heteroatoms. The quantitative estimate of drug-likeness (QED) is 0.181. The average Bonchev–Trinajstić information content (AvgIpc) is 3.49. The molecule has 0 saturated carbocycles. The molecule has 13 atom stereocenters. The number of fused-ring (bicyclic) bond motifs is 1. The minimum Gasteiger partial charge on any atom is -0.457 e. The maximum Gasteiger partial charge on any atom is 0.509 e. The molecular formula is C42H63N3O12. The van der Waals surface area contributed by atoms with E-state index in [0.29, 0.717) is 12.1 Å². The summed E-state index contributed by atoms with van der Waals surface area (Å²) in [4.78, 5) is 61.4. The van der Waals surface area contributed by atoms with Crippen molar-refractivity contribution in [2.75, 3.05) is 34.4 Å². The van der Waals surface area contributed by atoms with Gasteiger partial charge in [-0.2, -0.15) is 0 Å². The molecule has 0 bridgehead atoms. The number of rotatable bonds is 11. The second kappa shape index (κ2) is 19.7. The molecule has 0 unspecified atom stereocenters. The molecule has 3 aliphatic rings. The lowest BCUT2D eigenvalue weighted by atomic mass is 9.74. The van der Waals surface area contributed by atoms with Crippen molar-refractivity contribution in [3.8, 4) is 0 Å². The van der Waals surface area contributed by atoms with Crippen LogP contribution in [0.2, 0.25) is 0 Å². The summed E-state index contributed by atoms with van der Waals surface area (Å²) in [7, 11) is 5.22. The zero-order chi connectivity index (χ0) is 42.2. The number of nitrogens with one attached hydrogen (secondary N) is 1. The Kier molecular flexibility index (Phi) is 15.8. The molecule has 57 heavy (non-hydrogen) atoms. The van der Waals surface area contributed by atoms with Gasteiger partial charge in [0.15, 0.2) is 30.4 Å². The number of aliphatic hydroxyl groups is 1. The van der Waals surface area contributed by atoms with E-state index in [1.54, 1.807) is 34.6 Å². The summed E-state index contributed by atoms with van der Waals surface area (Å²) in [5, 5.41) is 18.8. The molecule has 0 aromatic heterocycles. The second-order valence-electron chi connectivity index (χ2n) is 16.3. The zero-order valence-electron chi connectivity index (χ0n) is 35.3. The number of hydrogen-bond acceptors (Lipinski definition) is 14. The molecule has 0 spiro atoms. The van der Waals surface area contributed by atoms with Crippen molar-refractivity contribution in [1.29, 1.82) is 0 Å². The van der Waals surface area contributed by atoms with Gasteiger partial charge in [-0.05, 0) is 66.6 Å². The first-order valence-corrected chi connectivity index (χ1v) is 19.9. The fraction of sp³-hybridized carbons (Fsp3) is 0.690. The van der Waals surface area contributed by atoms with Gasteiger partial charge in [0.05, 0.1) is 23.5 Å². The van der Waals surface area contributed by atoms with Gasteiger partial charge in [0.2, 0.25) is 0 Å². The van der Waals surface area contributed by atoms with Gasteiger partial charge in [0.1, 0.15) is 18.1 Å². The third-order valence-corrected chi connectivity index (χ3v) is 11.7. The van der Waals surface area contributed by atoms with Crippen molar-refractivity contribution < 1.29 is 57.5 Å². The number of Topliss-reactive ketones (excluding diaryl/α,β-unsaturated/α-hetero) is 1. The molecule has 3 saturated heterocycles. The van der Waals surface area contributed by atoms with Crippen LogP contribution < -0.4 is 5.32 Å². The third-order valence-electron chi connectivity index (χ3n) is 11.7. The molecule has 318 valence electrons. The van der Waals surface area contributed by atoms with E-state index in [0.717, 1.165) is 5.56 Å². The fourth-order valence-electron chi connectivity index (χ4n) is 8.38. The number of esters is 1. The highest BCUT2D eigenvalue weighted by Gasteiger charge is 2.58. The Balaban J connectivity index is 1.72. The molecule has 15 nitrogen and oxygen atoms in total. The number of oxime groups is 1. The van der Waals surface area contributed by atoms with Crippen LogP contribution in [-0.2, 0) is 47.6 Å². The third kappa shape index (κ3) is 10.8. The maximum atomic E-state index is 14.3. The molecule has 3 heterocycles. The molecule has 0 aliphatic carbocycles. The number of amides is 1. The standard InChI is InChI=1S/C42H63N3O12/c1-12-31-42(8)37(56-40(50)57-42)26(4)33(44-52-23-32(46)43-20-16-19-29-17-14-13-15-18-29)24(2)22-41(7,51-11)36(27(5)34(47)28(6)38(49)54-31)55-39-35(48)30(45(9)10)21-25(3)53-39/h13-19,24-28,30-31,35-37,39,48H,12,20-23H2,1-11H3,(H,43,46)/b19-16+,44-33+/t24-,25-,26+,27+,28-,30+,31-,35-,36-,37-,39+,41+,42-/m1/s1. The summed E-state index contributed by atoms with van der Waals surface area (Å²) in [5.74, 6) is -5.14. The van der Waals surface area contributed by atoms with Gasteiger partial charge < -0.3 is 48.6 Å². The number of ketones is 1. The predicted octanol–water partition coefficient (Wildman–Crippen LogP) is 4.54. The minimum absolute atomic E-state index is 0.165. The number of benzene rings is 1. The zero-order valence-corrected chi connectivity index (χ0v) is 35.3. The van der Waals surface area contributed by atoms with Gasteiger partial charge in [0, 0.05) is 37.5 Å². The van der Waals surface area contributed by atoms with Crippen LogP contribution in [0.25, 0.3) is 6.08 Å². The Morgan fingerprint density at radius 2 is 1.74 bits per heavy atom. The lowest BCUT2D eigenvalue weighted by Crippen LogP contribution is -2.59. The van der Waals surface area contributed by atoms with E-state index < -0.39 is 96.0 Å². The number of carbonyl (C=O) groups is 4. The Hall–Kier alpha value is -3.89. The molecule has 4 rings (SSSR count). The summed E-state index contributed by atoms with van der Waals surface area (Å²) in [6.45, 7) is 13.7. The van der Waals surface area contributed by atoms with Gasteiger partial charge in [-0.15, -0.1) is 0 Å². The number of nitrogens with zero attached hydrogens (tertiary/aromatic N) is 2. The molecule has 0 radical (unpaired) electrons. The number of hydrogen-bond donors (Lipinski definition) is 2. The number of ether oxygens (including phenoxy) is 6. The maximum absolute atomic E-state index is 14.3. The first-order chi connectivity index (χ1) is 26.9. The van der Waals surface area contributed by atoms with Gasteiger partial charge in [-0.3, -0.25) is 14.4 Å². The van der Waals surface area contributed by atoms with Crippen LogP contribution in [-0.4, -0.2) is 128 Å². The van der Waals surface area contributed by atoms with E-state index in [9.17, 15) is 24.3 Å². The SMILES string of the molecule is CC[C@H]1OC(=O)[C@H](C)C(=O)[C@H](C)[C@@H](O[C@@H]2O[C@H](C)C[C@H](N(C)C)[C@H]2O)[C@@](C)(OC)C[C@@H](C)/C(=N\OCC(=O)NC/C=C/c2ccccc2)[C@H](C)[C@H]2OC(=O)O[C@@]21C. The Labute approximate surface area is 336 Å². The van der Waals surface area contributed by atoms with Crippen molar-refractivity contribution in [3.05, 3.63) is 42.0 Å². The lowest BCUT2D eigenvalue weighted by Gasteiger charge is -2.47. The summed E-state index contributed by atoms with van der Waals surface area (Å²) >= 11 is 0. The number of methoxy groups -OCH3 is 1. The smallest absolute Gasteiger partial charge is 0.457 e. The largest absolute Gasteiger partial charge is 0.509 e. The van der Waals surface area contributed by atoms with E-state index in [1.165, 1.54) is 14.0 Å². The molecule has 3 fully saturated rings. The number of aliphatic hydroxyl groups excluding tert-OH is 1. The monoisotopic (exact) mass is 801 g/mol. The topological polar surface area (TPSA) is 181 Å². The summed E-state index contributed by atoms with van der Waals surface area (Å²) in [6.07, 6.45) is -1.85. The predicted molar refractivity (Wildman–Crippen MR) is 211 cm³/mol. The van der Waals surface area contributed by atoms with Crippen LogP contribution in [0.15, 0.2) is 41.6 Å². The second-order valence-corrected chi connectivity index (χ2v) is 16.3. The van der Waals surface area contributed by atoms with E-state index >= 15 is 0 Å². The molecular weight excluding hydrogens is 738 g/mol. The van der Waals surface area contributed by atoms with Gasteiger partial charge >= 0.3 is 12.1 Å². The summed E-state index contributed by atoms with van der Waals surface area (Å²) in [6, 6.07) is 9.38.